The van der Waals surface area contributed by atoms with E-state index < -0.39 is 5.82 Å². The van der Waals surface area contributed by atoms with Crippen LogP contribution < -0.4 is 0 Å². The lowest BCUT2D eigenvalue weighted by Crippen LogP contribution is -2.38. The zero-order valence-electron chi connectivity index (χ0n) is 12.1. The molecule has 0 bridgehead atoms. The van der Waals surface area contributed by atoms with Crippen molar-refractivity contribution in [1.82, 2.24) is 4.90 Å². The van der Waals surface area contributed by atoms with Crippen LogP contribution in [-0.4, -0.2) is 35.1 Å². The summed E-state index contributed by atoms with van der Waals surface area (Å²) < 4.78 is 13.9. The Hall–Kier alpha value is -1.86. The molecule has 0 aliphatic heterocycles. The highest BCUT2D eigenvalue weighted by Gasteiger charge is 2.21. The van der Waals surface area contributed by atoms with Gasteiger partial charge in [-0.05, 0) is 38.5 Å². The monoisotopic (exact) mass is 277 g/mol. The maximum Gasteiger partial charge on any atom is 0.257 e. The van der Waals surface area contributed by atoms with E-state index in [1.54, 1.807) is 4.90 Å². The van der Waals surface area contributed by atoms with Crippen LogP contribution in [0.5, 0.6) is 0 Å². The molecule has 0 saturated carbocycles. The molecule has 4 heteroatoms. The van der Waals surface area contributed by atoms with E-state index in [0.717, 1.165) is 6.42 Å². The summed E-state index contributed by atoms with van der Waals surface area (Å²) in [7, 11) is 0. The van der Waals surface area contributed by atoms with Crippen LogP contribution in [0.4, 0.5) is 4.39 Å². The first kappa shape index (κ1) is 16.2. The van der Waals surface area contributed by atoms with Gasteiger partial charge >= 0.3 is 0 Å². The van der Waals surface area contributed by atoms with Gasteiger partial charge in [-0.1, -0.05) is 18.8 Å². The second-order valence-electron chi connectivity index (χ2n) is 4.50. The largest absolute Gasteiger partial charge is 0.384 e. The number of hydrogen-bond donors (Lipinski definition) is 1. The SMILES string of the molecule is CCC(C)N(CC)C(=O)c1cc(C#CCO)ccc1F. The topological polar surface area (TPSA) is 40.5 Å². The Morgan fingerprint density at radius 2 is 2.15 bits per heavy atom. The van der Waals surface area contributed by atoms with Crippen LogP contribution in [-0.2, 0) is 0 Å². The van der Waals surface area contributed by atoms with Crippen LogP contribution in [0.15, 0.2) is 18.2 Å². The number of nitrogens with zero attached hydrogens (tertiary/aromatic N) is 1. The molecule has 3 nitrogen and oxygen atoms in total. The fourth-order valence-corrected chi connectivity index (χ4v) is 1.94. The minimum atomic E-state index is -0.550. The zero-order chi connectivity index (χ0) is 15.1. The quantitative estimate of drug-likeness (QED) is 0.859. The Kier molecular flexibility index (Phi) is 6.20. The summed E-state index contributed by atoms with van der Waals surface area (Å²) in [6.07, 6.45) is 0.811. The summed E-state index contributed by atoms with van der Waals surface area (Å²) in [6.45, 7) is 6.06. The number of rotatable bonds is 4. The second-order valence-corrected chi connectivity index (χ2v) is 4.50. The first-order chi connectivity index (χ1) is 9.54. The molecule has 1 aromatic carbocycles. The molecule has 1 unspecified atom stereocenters. The van der Waals surface area contributed by atoms with Crippen molar-refractivity contribution in [2.45, 2.75) is 33.2 Å². The number of amides is 1. The van der Waals surface area contributed by atoms with E-state index in [4.69, 9.17) is 5.11 Å². The van der Waals surface area contributed by atoms with Crippen molar-refractivity contribution in [3.05, 3.63) is 35.1 Å². The highest BCUT2D eigenvalue weighted by molar-refractivity contribution is 5.95. The molecule has 0 fully saturated rings. The third-order valence-electron chi connectivity index (χ3n) is 3.23. The predicted molar refractivity (Wildman–Crippen MR) is 76.8 cm³/mol. The van der Waals surface area contributed by atoms with Gasteiger partial charge in [-0.2, -0.15) is 0 Å². The number of hydrogen-bond acceptors (Lipinski definition) is 2. The van der Waals surface area contributed by atoms with Gasteiger partial charge in [0.1, 0.15) is 12.4 Å². The lowest BCUT2D eigenvalue weighted by molar-refractivity contribution is 0.0695. The van der Waals surface area contributed by atoms with Crippen LogP contribution in [0, 0.1) is 17.7 Å². The van der Waals surface area contributed by atoms with E-state index in [0.29, 0.717) is 12.1 Å². The Morgan fingerprint density at radius 1 is 1.45 bits per heavy atom. The van der Waals surface area contributed by atoms with Gasteiger partial charge in [0.25, 0.3) is 5.91 Å². The molecule has 1 N–H and O–H groups in total. The highest BCUT2D eigenvalue weighted by atomic mass is 19.1. The summed E-state index contributed by atoms with van der Waals surface area (Å²) in [5.41, 5.74) is 0.542. The molecular formula is C16H20FNO2. The number of benzene rings is 1. The van der Waals surface area contributed by atoms with E-state index in [2.05, 4.69) is 11.8 Å². The van der Waals surface area contributed by atoms with Crippen LogP contribution in [0.2, 0.25) is 0 Å². The van der Waals surface area contributed by atoms with Gasteiger partial charge in [-0.25, -0.2) is 4.39 Å². The standard InChI is InChI=1S/C16H20FNO2/c1-4-12(3)18(5-2)16(20)14-11-13(7-6-10-19)8-9-15(14)17/h8-9,11-12,19H,4-5,10H2,1-3H3. The maximum atomic E-state index is 13.9. The van der Waals surface area contributed by atoms with Gasteiger partial charge in [0, 0.05) is 18.2 Å². The number of aliphatic hydroxyl groups is 1. The summed E-state index contributed by atoms with van der Waals surface area (Å²) >= 11 is 0. The van der Waals surface area contributed by atoms with Crippen molar-refractivity contribution >= 4 is 5.91 Å². The van der Waals surface area contributed by atoms with Crippen molar-refractivity contribution in [2.24, 2.45) is 0 Å². The number of aliphatic hydroxyl groups excluding tert-OH is 1. The molecular weight excluding hydrogens is 257 g/mol. The fourth-order valence-electron chi connectivity index (χ4n) is 1.94. The first-order valence-electron chi connectivity index (χ1n) is 6.75. The van der Waals surface area contributed by atoms with E-state index >= 15 is 0 Å². The van der Waals surface area contributed by atoms with Gasteiger partial charge in [0.2, 0.25) is 0 Å². The molecule has 0 aliphatic rings. The fraction of sp³-hybridized carbons (Fsp3) is 0.438. The molecule has 108 valence electrons. The predicted octanol–water partition coefficient (Wildman–Crippen LogP) is 2.43. The van der Waals surface area contributed by atoms with Crippen LogP contribution >= 0.6 is 0 Å². The Morgan fingerprint density at radius 3 is 2.70 bits per heavy atom. The molecule has 0 radical (unpaired) electrons. The first-order valence-corrected chi connectivity index (χ1v) is 6.75. The van der Waals surface area contributed by atoms with Crippen molar-refractivity contribution in [3.63, 3.8) is 0 Å². The van der Waals surface area contributed by atoms with Crippen LogP contribution in [0.1, 0.15) is 43.1 Å². The molecule has 1 aromatic rings. The van der Waals surface area contributed by atoms with E-state index in [-0.39, 0.29) is 24.1 Å². The van der Waals surface area contributed by atoms with Gasteiger partial charge < -0.3 is 10.0 Å². The van der Waals surface area contributed by atoms with Crippen molar-refractivity contribution < 1.29 is 14.3 Å². The molecule has 0 aliphatic carbocycles. The summed E-state index contributed by atoms with van der Waals surface area (Å²) in [6, 6.07) is 4.22. The molecule has 1 amide bonds. The van der Waals surface area contributed by atoms with Crippen molar-refractivity contribution in [3.8, 4) is 11.8 Å². The molecule has 0 saturated heterocycles. The zero-order valence-corrected chi connectivity index (χ0v) is 12.1. The van der Waals surface area contributed by atoms with E-state index in [9.17, 15) is 9.18 Å². The number of carbonyl (C=O) groups excluding carboxylic acids is 1. The Bertz CT molecular complexity index is 531. The summed E-state index contributed by atoms with van der Waals surface area (Å²) in [4.78, 5) is 14.1. The smallest absolute Gasteiger partial charge is 0.257 e. The summed E-state index contributed by atoms with van der Waals surface area (Å²) in [5, 5.41) is 8.67. The average molecular weight is 277 g/mol. The van der Waals surface area contributed by atoms with Gasteiger partial charge in [-0.3, -0.25) is 4.79 Å². The second kappa shape index (κ2) is 7.66. The minimum absolute atomic E-state index is 0.0249. The molecule has 1 atom stereocenters. The van der Waals surface area contributed by atoms with Crippen LogP contribution in [0.25, 0.3) is 0 Å². The minimum Gasteiger partial charge on any atom is -0.384 e. The lowest BCUT2D eigenvalue weighted by Gasteiger charge is -2.27. The normalized spacial score (nSPS) is 11.4. The summed E-state index contributed by atoms with van der Waals surface area (Å²) in [5.74, 6) is 4.29. The van der Waals surface area contributed by atoms with E-state index in [1.165, 1.54) is 18.2 Å². The van der Waals surface area contributed by atoms with Crippen LogP contribution in [0.3, 0.4) is 0 Å². The van der Waals surface area contributed by atoms with Crippen molar-refractivity contribution in [1.29, 1.82) is 0 Å². The molecule has 20 heavy (non-hydrogen) atoms. The Balaban J connectivity index is 3.13. The third-order valence-corrected chi connectivity index (χ3v) is 3.23. The van der Waals surface area contributed by atoms with Gasteiger partial charge in [-0.15, -0.1) is 0 Å². The lowest BCUT2D eigenvalue weighted by atomic mass is 10.1. The average Bonchev–Trinajstić information content (AvgIpc) is 2.46. The number of halogens is 1. The molecule has 0 heterocycles. The molecule has 0 aromatic heterocycles. The molecule has 0 spiro atoms. The van der Waals surface area contributed by atoms with Gasteiger partial charge in [0.15, 0.2) is 0 Å². The third kappa shape index (κ3) is 3.82. The van der Waals surface area contributed by atoms with Gasteiger partial charge in [0.05, 0.1) is 5.56 Å². The Labute approximate surface area is 119 Å². The van der Waals surface area contributed by atoms with E-state index in [1.807, 2.05) is 20.8 Å². The number of carbonyl (C=O) groups is 1. The maximum absolute atomic E-state index is 13.9. The van der Waals surface area contributed by atoms with Crippen molar-refractivity contribution in [2.75, 3.05) is 13.2 Å². The molecule has 1 rings (SSSR count). The highest BCUT2D eigenvalue weighted by Crippen LogP contribution is 2.15.